The van der Waals surface area contributed by atoms with E-state index in [1.54, 1.807) is 31.6 Å². The van der Waals surface area contributed by atoms with Gasteiger partial charge in [-0.05, 0) is 6.07 Å². The molecular formula is C11H11N3O3. The summed E-state index contributed by atoms with van der Waals surface area (Å²) in [6.07, 6.45) is 4.65. The van der Waals surface area contributed by atoms with Gasteiger partial charge in [0.05, 0.1) is 6.54 Å². The second kappa shape index (κ2) is 4.25. The van der Waals surface area contributed by atoms with Crippen molar-refractivity contribution in [3.8, 4) is 0 Å². The summed E-state index contributed by atoms with van der Waals surface area (Å²) in [5.41, 5.74) is 0.293. The molecule has 0 radical (unpaired) electrons. The Hall–Kier alpha value is -2.37. The number of aromatic carboxylic acids is 1. The summed E-state index contributed by atoms with van der Waals surface area (Å²) in [5.74, 6) is -1.09. The van der Waals surface area contributed by atoms with Crippen molar-refractivity contribution in [2.75, 3.05) is 0 Å². The van der Waals surface area contributed by atoms with E-state index in [0.29, 0.717) is 5.56 Å². The highest BCUT2D eigenvalue weighted by atomic mass is 16.4. The number of hydrogen-bond donors (Lipinski definition) is 1. The minimum atomic E-state index is -1.09. The molecule has 0 aliphatic rings. The van der Waals surface area contributed by atoms with Crippen LogP contribution in [-0.4, -0.2) is 25.2 Å². The van der Waals surface area contributed by atoms with Gasteiger partial charge in [-0.15, -0.1) is 0 Å². The number of imidazole rings is 1. The molecule has 2 heterocycles. The van der Waals surface area contributed by atoms with Crippen molar-refractivity contribution in [2.24, 2.45) is 7.05 Å². The van der Waals surface area contributed by atoms with Crippen LogP contribution in [0.5, 0.6) is 0 Å². The van der Waals surface area contributed by atoms with Gasteiger partial charge in [0.25, 0.3) is 0 Å². The van der Waals surface area contributed by atoms with Gasteiger partial charge in [-0.1, -0.05) is 6.07 Å². The number of carboxylic acids is 1. The Morgan fingerprint density at radius 3 is 2.82 bits per heavy atom. The molecule has 0 saturated heterocycles. The SMILES string of the molecule is Cn1ccn(Cc2cccnc2C(=O)O)c1=O. The molecule has 6 nitrogen and oxygen atoms in total. The fourth-order valence-corrected chi connectivity index (χ4v) is 1.57. The van der Waals surface area contributed by atoms with E-state index in [4.69, 9.17) is 5.11 Å². The lowest BCUT2D eigenvalue weighted by Crippen LogP contribution is -2.23. The van der Waals surface area contributed by atoms with Gasteiger partial charge < -0.3 is 9.67 Å². The molecule has 0 amide bonds. The number of carboxylic acid groups (broad SMARTS) is 1. The second-order valence-corrected chi connectivity index (χ2v) is 3.64. The molecule has 0 unspecified atom stereocenters. The van der Waals surface area contributed by atoms with Crippen LogP contribution >= 0.6 is 0 Å². The Bertz CT molecular complexity index is 612. The van der Waals surface area contributed by atoms with E-state index in [9.17, 15) is 9.59 Å². The van der Waals surface area contributed by atoms with E-state index in [-0.39, 0.29) is 17.9 Å². The zero-order valence-corrected chi connectivity index (χ0v) is 9.20. The van der Waals surface area contributed by atoms with Gasteiger partial charge >= 0.3 is 11.7 Å². The highest BCUT2D eigenvalue weighted by molar-refractivity contribution is 5.86. The quantitative estimate of drug-likeness (QED) is 0.828. The minimum Gasteiger partial charge on any atom is -0.477 e. The average molecular weight is 233 g/mol. The van der Waals surface area contributed by atoms with Crippen molar-refractivity contribution in [3.63, 3.8) is 0 Å². The molecule has 0 aliphatic heterocycles. The number of pyridine rings is 1. The summed E-state index contributed by atoms with van der Waals surface area (Å²) >= 11 is 0. The highest BCUT2D eigenvalue weighted by Gasteiger charge is 2.12. The van der Waals surface area contributed by atoms with Crippen LogP contribution in [0.2, 0.25) is 0 Å². The molecule has 2 rings (SSSR count). The van der Waals surface area contributed by atoms with Crippen LogP contribution in [0.1, 0.15) is 16.1 Å². The summed E-state index contributed by atoms with van der Waals surface area (Å²) in [6.45, 7) is 0.204. The summed E-state index contributed by atoms with van der Waals surface area (Å²) in [6, 6.07) is 3.30. The lowest BCUT2D eigenvalue weighted by Gasteiger charge is -2.04. The molecule has 0 saturated carbocycles. The molecule has 6 heteroatoms. The maximum atomic E-state index is 11.6. The average Bonchev–Trinajstić information content (AvgIpc) is 2.61. The molecular weight excluding hydrogens is 222 g/mol. The van der Waals surface area contributed by atoms with E-state index in [2.05, 4.69) is 4.98 Å². The maximum Gasteiger partial charge on any atom is 0.354 e. The van der Waals surface area contributed by atoms with Gasteiger partial charge in [0.15, 0.2) is 5.69 Å². The fourth-order valence-electron chi connectivity index (χ4n) is 1.57. The number of aryl methyl sites for hydroxylation is 1. The third-order valence-corrected chi connectivity index (χ3v) is 2.45. The number of hydrogen-bond acceptors (Lipinski definition) is 3. The molecule has 0 atom stereocenters. The molecule has 0 spiro atoms. The first-order chi connectivity index (χ1) is 8.09. The van der Waals surface area contributed by atoms with Crippen molar-refractivity contribution < 1.29 is 9.90 Å². The standard InChI is InChI=1S/C11H11N3O3/c1-13-5-6-14(11(13)17)7-8-3-2-4-12-9(8)10(15)16/h2-6H,7H2,1H3,(H,15,16). The molecule has 88 valence electrons. The maximum absolute atomic E-state index is 11.6. The van der Waals surface area contributed by atoms with Crippen LogP contribution in [-0.2, 0) is 13.6 Å². The molecule has 0 aromatic carbocycles. The van der Waals surface area contributed by atoms with Crippen molar-refractivity contribution in [1.82, 2.24) is 14.1 Å². The minimum absolute atomic E-state index is 0.0248. The Balaban J connectivity index is 2.40. The fraction of sp³-hybridized carbons (Fsp3) is 0.182. The Kier molecular flexibility index (Phi) is 2.78. The van der Waals surface area contributed by atoms with Crippen LogP contribution < -0.4 is 5.69 Å². The zero-order valence-electron chi connectivity index (χ0n) is 9.20. The number of carbonyl (C=O) groups is 1. The van der Waals surface area contributed by atoms with E-state index >= 15 is 0 Å². The Morgan fingerprint density at radius 1 is 1.47 bits per heavy atom. The smallest absolute Gasteiger partial charge is 0.354 e. The summed E-state index contributed by atoms with van der Waals surface area (Å²) in [4.78, 5) is 26.3. The van der Waals surface area contributed by atoms with E-state index in [1.807, 2.05) is 0 Å². The van der Waals surface area contributed by atoms with Crippen LogP contribution in [0.25, 0.3) is 0 Å². The van der Waals surface area contributed by atoms with Gasteiger partial charge in [0.1, 0.15) is 0 Å². The van der Waals surface area contributed by atoms with Crippen molar-refractivity contribution in [2.45, 2.75) is 6.54 Å². The lowest BCUT2D eigenvalue weighted by atomic mass is 10.2. The van der Waals surface area contributed by atoms with Gasteiger partial charge in [0, 0.05) is 31.2 Å². The largest absolute Gasteiger partial charge is 0.477 e. The topological polar surface area (TPSA) is 77.1 Å². The molecule has 0 fully saturated rings. The first-order valence-electron chi connectivity index (χ1n) is 4.98. The van der Waals surface area contributed by atoms with Gasteiger partial charge in [-0.3, -0.25) is 4.57 Å². The molecule has 2 aromatic rings. The third-order valence-electron chi connectivity index (χ3n) is 2.45. The van der Waals surface area contributed by atoms with Gasteiger partial charge in [-0.2, -0.15) is 0 Å². The molecule has 17 heavy (non-hydrogen) atoms. The molecule has 0 aliphatic carbocycles. The summed E-state index contributed by atoms with van der Waals surface area (Å²) < 4.78 is 2.86. The Labute approximate surface area is 96.8 Å². The Morgan fingerprint density at radius 2 is 2.24 bits per heavy atom. The molecule has 0 bridgehead atoms. The predicted octanol–water partition coefficient (Wildman–Crippen LogP) is 0.328. The lowest BCUT2D eigenvalue weighted by molar-refractivity contribution is 0.0689. The predicted molar refractivity (Wildman–Crippen MR) is 60.0 cm³/mol. The van der Waals surface area contributed by atoms with Crippen molar-refractivity contribution in [1.29, 1.82) is 0 Å². The van der Waals surface area contributed by atoms with Crippen LogP contribution in [0.15, 0.2) is 35.5 Å². The first kappa shape index (κ1) is 11.1. The second-order valence-electron chi connectivity index (χ2n) is 3.64. The van der Waals surface area contributed by atoms with Crippen LogP contribution in [0, 0.1) is 0 Å². The van der Waals surface area contributed by atoms with Gasteiger partial charge in [0.2, 0.25) is 0 Å². The van der Waals surface area contributed by atoms with Gasteiger partial charge in [-0.25, -0.2) is 14.6 Å². The molecule has 2 aromatic heterocycles. The number of nitrogens with zero attached hydrogens (tertiary/aromatic N) is 3. The highest BCUT2D eigenvalue weighted by Crippen LogP contribution is 2.06. The summed E-state index contributed by atoms with van der Waals surface area (Å²) in [7, 11) is 1.64. The van der Waals surface area contributed by atoms with E-state index < -0.39 is 5.97 Å². The molecule has 1 N–H and O–H groups in total. The van der Waals surface area contributed by atoms with Crippen molar-refractivity contribution in [3.05, 3.63) is 52.5 Å². The monoisotopic (exact) mass is 233 g/mol. The third kappa shape index (κ3) is 2.10. The zero-order chi connectivity index (χ0) is 12.4. The normalized spacial score (nSPS) is 10.4. The van der Waals surface area contributed by atoms with E-state index in [1.165, 1.54) is 15.3 Å². The van der Waals surface area contributed by atoms with Crippen LogP contribution in [0.3, 0.4) is 0 Å². The van der Waals surface area contributed by atoms with Crippen LogP contribution in [0.4, 0.5) is 0 Å². The number of rotatable bonds is 3. The summed E-state index contributed by atoms with van der Waals surface area (Å²) in [5, 5.41) is 8.96. The number of aromatic nitrogens is 3. The first-order valence-corrected chi connectivity index (χ1v) is 4.98. The van der Waals surface area contributed by atoms with Crippen molar-refractivity contribution >= 4 is 5.97 Å². The van der Waals surface area contributed by atoms with E-state index in [0.717, 1.165) is 0 Å².